The fourth-order valence-corrected chi connectivity index (χ4v) is 9.06. The third-order valence-corrected chi connectivity index (χ3v) is 11.6. The van der Waals surface area contributed by atoms with Crippen LogP contribution in [0.4, 0.5) is 17.1 Å². The van der Waals surface area contributed by atoms with Gasteiger partial charge in [-0.3, -0.25) is 0 Å². The molecule has 10 rings (SSSR count). The topological polar surface area (TPSA) is 8.17 Å². The molecule has 2 nitrogen and oxygen atoms in total. The summed E-state index contributed by atoms with van der Waals surface area (Å²) in [6.45, 7) is 9.11. The summed E-state index contributed by atoms with van der Waals surface area (Å²) in [7, 11) is 0. The standard InChI is InChI=1S/C53H42N2/c1-35-28-36(2)30-40(29-35)38-15-12-14-37(31-38)39-16-13-19-42(32-39)54(41-17-6-5-7-18-41)43-24-26-45-46-27-25-44(34-50(46)53(3,4)49(45)33-43)55-51-22-10-8-20-47(51)48-21-9-11-23-52(48)55/h5-34H,1-4H3. The quantitative estimate of drug-likeness (QED) is 0.167. The average molecular weight is 707 g/mol. The monoisotopic (exact) mass is 706 g/mol. The highest BCUT2D eigenvalue weighted by Gasteiger charge is 2.36. The molecule has 55 heavy (non-hydrogen) atoms. The Labute approximate surface area is 323 Å². The van der Waals surface area contributed by atoms with E-state index >= 15 is 0 Å². The van der Waals surface area contributed by atoms with Gasteiger partial charge in [0.1, 0.15) is 0 Å². The first-order chi connectivity index (χ1) is 26.8. The lowest BCUT2D eigenvalue weighted by atomic mass is 9.82. The van der Waals surface area contributed by atoms with Gasteiger partial charge in [0.2, 0.25) is 0 Å². The van der Waals surface area contributed by atoms with Gasteiger partial charge in [0, 0.05) is 38.9 Å². The van der Waals surface area contributed by atoms with E-state index in [1.165, 1.54) is 83.1 Å². The Morgan fingerprint density at radius 3 is 1.62 bits per heavy atom. The molecule has 0 amide bonds. The molecule has 1 aliphatic rings. The lowest BCUT2D eigenvalue weighted by Gasteiger charge is -2.28. The Hall–Kier alpha value is -6.64. The first kappa shape index (κ1) is 33.0. The Kier molecular flexibility index (Phi) is 7.64. The van der Waals surface area contributed by atoms with Gasteiger partial charge in [-0.1, -0.05) is 140 Å². The van der Waals surface area contributed by atoms with E-state index in [2.05, 4.69) is 219 Å². The van der Waals surface area contributed by atoms with Gasteiger partial charge in [-0.25, -0.2) is 0 Å². The van der Waals surface area contributed by atoms with Gasteiger partial charge in [-0.15, -0.1) is 0 Å². The van der Waals surface area contributed by atoms with Crippen LogP contribution in [-0.2, 0) is 5.41 Å². The molecule has 0 fully saturated rings. The second-order valence-corrected chi connectivity index (χ2v) is 15.6. The maximum Gasteiger partial charge on any atom is 0.0541 e. The summed E-state index contributed by atoms with van der Waals surface area (Å²) in [6, 6.07) is 67.1. The van der Waals surface area contributed by atoms with E-state index in [-0.39, 0.29) is 5.41 Å². The highest BCUT2D eigenvalue weighted by Crippen LogP contribution is 2.51. The van der Waals surface area contributed by atoms with Crippen LogP contribution < -0.4 is 4.90 Å². The normalized spacial score (nSPS) is 12.9. The SMILES string of the molecule is Cc1cc(C)cc(-c2cccc(-c3cccc(N(c4ccccc4)c4ccc5c(c4)C(C)(C)c4cc(-n6c7ccccc7c7ccccc76)ccc4-5)c3)c2)c1. The minimum Gasteiger partial charge on any atom is -0.310 e. The summed E-state index contributed by atoms with van der Waals surface area (Å²) in [5.74, 6) is 0. The molecular formula is C53H42N2. The second kappa shape index (κ2) is 12.7. The van der Waals surface area contributed by atoms with Crippen molar-refractivity contribution in [2.75, 3.05) is 4.90 Å². The number of benzene rings is 8. The third kappa shape index (κ3) is 5.48. The maximum atomic E-state index is 2.43. The number of fused-ring (bicyclic) bond motifs is 6. The summed E-state index contributed by atoms with van der Waals surface area (Å²) in [6.07, 6.45) is 0. The Morgan fingerprint density at radius 1 is 0.400 bits per heavy atom. The molecule has 0 aliphatic heterocycles. The van der Waals surface area contributed by atoms with E-state index in [1.807, 2.05) is 0 Å². The molecule has 0 saturated carbocycles. The van der Waals surface area contributed by atoms with Crippen molar-refractivity contribution >= 4 is 38.9 Å². The van der Waals surface area contributed by atoms with Gasteiger partial charge in [-0.05, 0) is 125 Å². The number of para-hydroxylation sites is 3. The molecule has 1 aliphatic carbocycles. The summed E-state index contributed by atoms with van der Waals surface area (Å²) < 4.78 is 2.43. The molecular weight excluding hydrogens is 665 g/mol. The summed E-state index contributed by atoms with van der Waals surface area (Å²) in [5.41, 5.74) is 19.6. The fraction of sp³-hybridized carbons (Fsp3) is 0.0943. The number of aryl methyl sites for hydroxylation is 2. The van der Waals surface area contributed by atoms with Crippen molar-refractivity contribution in [2.24, 2.45) is 0 Å². The largest absolute Gasteiger partial charge is 0.310 e. The van der Waals surface area contributed by atoms with Gasteiger partial charge in [0.15, 0.2) is 0 Å². The zero-order chi connectivity index (χ0) is 37.3. The Balaban J connectivity index is 1.06. The number of hydrogen-bond acceptors (Lipinski definition) is 1. The van der Waals surface area contributed by atoms with Crippen LogP contribution in [0.25, 0.3) is 60.9 Å². The van der Waals surface area contributed by atoms with E-state index in [1.54, 1.807) is 0 Å². The van der Waals surface area contributed by atoms with E-state index in [0.29, 0.717) is 0 Å². The van der Waals surface area contributed by atoms with Crippen LogP contribution in [-0.4, -0.2) is 4.57 Å². The zero-order valence-electron chi connectivity index (χ0n) is 31.7. The fourth-order valence-electron chi connectivity index (χ4n) is 9.06. The summed E-state index contributed by atoms with van der Waals surface area (Å²) >= 11 is 0. The molecule has 0 N–H and O–H groups in total. The number of hydrogen-bond donors (Lipinski definition) is 0. The molecule has 2 heteroatoms. The van der Waals surface area contributed by atoms with Crippen LogP contribution in [0.1, 0.15) is 36.1 Å². The first-order valence-corrected chi connectivity index (χ1v) is 19.3. The highest BCUT2D eigenvalue weighted by atomic mass is 15.1. The van der Waals surface area contributed by atoms with Gasteiger partial charge in [-0.2, -0.15) is 0 Å². The highest BCUT2D eigenvalue weighted by molar-refractivity contribution is 6.09. The molecule has 0 radical (unpaired) electrons. The van der Waals surface area contributed by atoms with Crippen molar-refractivity contribution in [3.63, 3.8) is 0 Å². The van der Waals surface area contributed by atoms with Crippen LogP contribution in [0.2, 0.25) is 0 Å². The van der Waals surface area contributed by atoms with Crippen molar-refractivity contribution in [1.82, 2.24) is 4.57 Å². The van der Waals surface area contributed by atoms with Crippen LogP contribution in [0.3, 0.4) is 0 Å². The van der Waals surface area contributed by atoms with Gasteiger partial charge in [0.25, 0.3) is 0 Å². The van der Waals surface area contributed by atoms with E-state index < -0.39 is 0 Å². The van der Waals surface area contributed by atoms with E-state index in [0.717, 1.165) is 17.1 Å². The lowest BCUT2D eigenvalue weighted by molar-refractivity contribution is 0.660. The third-order valence-electron chi connectivity index (χ3n) is 11.6. The molecule has 8 aromatic carbocycles. The predicted octanol–water partition coefficient (Wildman–Crippen LogP) is 14.5. The molecule has 0 atom stereocenters. The van der Waals surface area contributed by atoms with E-state index in [9.17, 15) is 0 Å². The van der Waals surface area contributed by atoms with Crippen LogP contribution in [0.15, 0.2) is 182 Å². The van der Waals surface area contributed by atoms with E-state index in [4.69, 9.17) is 0 Å². The molecule has 9 aromatic rings. The maximum absolute atomic E-state index is 2.43. The van der Waals surface area contributed by atoms with Gasteiger partial charge >= 0.3 is 0 Å². The molecule has 1 aromatic heterocycles. The summed E-state index contributed by atoms with van der Waals surface area (Å²) in [4.78, 5) is 2.40. The lowest BCUT2D eigenvalue weighted by Crippen LogP contribution is -2.17. The molecule has 0 bridgehead atoms. The number of nitrogens with zero attached hydrogens (tertiary/aromatic N) is 2. The minimum atomic E-state index is -0.200. The average Bonchev–Trinajstić information content (AvgIpc) is 3.66. The van der Waals surface area contributed by atoms with Crippen LogP contribution in [0, 0.1) is 13.8 Å². The summed E-state index contributed by atoms with van der Waals surface area (Å²) in [5, 5.41) is 2.56. The van der Waals surface area contributed by atoms with Crippen molar-refractivity contribution in [1.29, 1.82) is 0 Å². The predicted molar refractivity (Wildman–Crippen MR) is 233 cm³/mol. The smallest absolute Gasteiger partial charge is 0.0541 e. The van der Waals surface area contributed by atoms with Crippen LogP contribution >= 0.6 is 0 Å². The molecule has 264 valence electrons. The first-order valence-electron chi connectivity index (χ1n) is 19.3. The Bertz CT molecular complexity index is 2850. The van der Waals surface area contributed by atoms with Crippen molar-refractivity contribution in [2.45, 2.75) is 33.1 Å². The van der Waals surface area contributed by atoms with Crippen molar-refractivity contribution < 1.29 is 0 Å². The zero-order valence-corrected chi connectivity index (χ0v) is 31.7. The second-order valence-electron chi connectivity index (χ2n) is 15.6. The number of rotatable bonds is 6. The molecule has 0 unspecified atom stereocenters. The Morgan fingerprint density at radius 2 is 0.927 bits per heavy atom. The van der Waals surface area contributed by atoms with Crippen molar-refractivity contribution in [3.05, 3.63) is 204 Å². The molecule has 1 heterocycles. The molecule has 0 spiro atoms. The minimum absolute atomic E-state index is 0.200. The van der Waals surface area contributed by atoms with Crippen molar-refractivity contribution in [3.8, 4) is 39.1 Å². The number of aromatic nitrogens is 1. The van der Waals surface area contributed by atoms with Gasteiger partial charge < -0.3 is 9.47 Å². The number of anilines is 3. The van der Waals surface area contributed by atoms with Gasteiger partial charge in [0.05, 0.1) is 11.0 Å². The van der Waals surface area contributed by atoms with Crippen LogP contribution in [0.5, 0.6) is 0 Å². The molecule has 0 saturated heterocycles.